The predicted molar refractivity (Wildman–Crippen MR) is 75.8 cm³/mol. The van der Waals surface area contributed by atoms with E-state index in [2.05, 4.69) is 25.9 Å². The molecule has 0 saturated heterocycles. The van der Waals surface area contributed by atoms with Gasteiger partial charge >= 0.3 is 0 Å². The standard InChI is InChI=1S/C13H9BrN4O/c14-11-7-16-10(6-17-11)13(19)18-5-4-8-2-1-3-9(15)12(8)18/h1-7H,15H2. The van der Waals surface area contributed by atoms with Gasteiger partial charge in [-0.05, 0) is 28.1 Å². The second kappa shape index (κ2) is 4.47. The summed E-state index contributed by atoms with van der Waals surface area (Å²) in [6.45, 7) is 0. The molecule has 0 spiro atoms. The van der Waals surface area contributed by atoms with E-state index in [9.17, 15) is 4.79 Å². The minimum absolute atomic E-state index is 0.257. The first kappa shape index (κ1) is 11.9. The Kier molecular flexibility index (Phi) is 2.79. The highest BCUT2D eigenvalue weighted by Gasteiger charge is 2.14. The fraction of sp³-hybridized carbons (Fsp3) is 0. The lowest BCUT2D eigenvalue weighted by molar-refractivity contribution is 0.0959. The van der Waals surface area contributed by atoms with E-state index in [1.165, 1.54) is 17.0 Å². The lowest BCUT2D eigenvalue weighted by atomic mass is 10.2. The Balaban J connectivity index is 2.14. The maximum Gasteiger partial charge on any atom is 0.282 e. The summed E-state index contributed by atoms with van der Waals surface area (Å²) >= 11 is 3.18. The average Bonchev–Trinajstić information content (AvgIpc) is 2.84. The molecule has 0 aliphatic heterocycles. The number of halogens is 1. The van der Waals surface area contributed by atoms with Crippen LogP contribution in [0.25, 0.3) is 10.9 Å². The summed E-state index contributed by atoms with van der Waals surface area (Å²) in [6.07, 6.45) is 4.60. The molecule has 6 heteroatoms. The summed E-state index contributed by atoms with van der Waals surface area (Å²) in [5, 5.41) is 0.915. The van der Waals surface area contributed by atoms with Crippen molar-refractivity contribution in [1.82, 2.24) is 14.5 Å². The molecule has 0 atom stereocenters. The predicted octanol–water partition coefficient (Wildman–Crippen LogP) is 2.46. The molecule has 2 heterocycles. The van der Waals surface area contributed by atoms with Crippen LogP contribution >= 0.6 is 15.9 Å². The van der Waals surface area contributed by atoms with Crippen molar-refractivity contribution < 1.29 is 4.79 Å². The molecule has 0 radical (unpaired) electrons. The van der Waals surface area contributed by atoms with Crippen molar-refractivity contribution in [3.8, 4) is 0 Å². The Hall–Kier alpha value is -2.21. The van der Waals surface area contributed by atoms with Gasteiger partial charge in [0.05, 0.1) is 23.6 Å². The number of aromatic nitrogens is 3. The van der Waals surface area contributed by atoms with Crippen LogP contribution in [0, 0.1) is 0 Å². The zero-order valence-electron chi connectivity index (χ0n) is 9.75. The molecule has 0 unspecified atom stereocenters. The largest absolute Gasteiger partial charge is 0.397 e. The maximum atomic E-state index is 12.4. The summed E-state index contributed by atoms with van der Waals surface area (Å²) in [7, 11) is 0. The molecule has 94 valence electrons. The first-order valence-corrected chi connectivity index (χ1v) is 6.34. The molecule has 1 aromatic carbocycles. The van der Waals surface area contributed by atoms with E-state index in [1.807, 2.05) is 18.2 Å². The molecule has 2 aromatic heterocycles. The van der Waals surface area contributed by atoms with E-state index in [0.29, 0.717) is 15.8 Å². The molecule has 19 heavy (non-hydrogen) atoms. The third kappa shape index (κ3) is 2.00. The van der Waals surface area contributed by atoms with Crippen molar-refractivity contribution in [3.63, 3.8) is 0 Å². The van der Waals surface area contributed by atoms with E-state index >= 15 is 0 Å². The minimum Gasteiger partial charge on any atom is -0.397 e. The lowest BCUT2D eigenvalue weighted by Crippen LogP contribution is -2.13. The van der Waals surface area contributed by atoms with Gasteiger partial charge < -0.3 is 5.73 Å². The highest BCUT2D eigenvalue weighted by Crippen LogP contribution is 2.22. The number of fused-ring (bicyclic) bond motifs is 1. The van der Waals surface area contributed by atoms with Crippen LogP contribution in [0.2, 0.25) is 0 Å². The van der Waals surface area contributed by atoms with Crippen LogP contribution < -0.4 is 5.73 Å². The SMILES string of the molecule is Nc1cccc2ccn(C(=O)c3cnc(Br)cn3)c12. The van der Waals surface area contributed by atoms with Crippen molar-refractivity contribution in [3.05, 3.63) is 53.2 Å². The van der Waals surface area contributed by atoms with Crippen molar-refractivity contribution in [2.24, 2.45) is 0 Å². The van der Waals surface area contributed by atoms with Crippen LogP contribution in [-0.4, -0.2) is 20.4 Å². The number of nitrogens with zero attached hydrogens (tertiary/aromatic N) is 3. The summed E-state index contributed by atoms with van der Waals surface area (Å²) < 4.78 is 2.07. The number of hydrogen-bond acceptors (Lipinski definition) is 4. The Morgan fingerprint density at radius 2 is 2.05 bits per heavy atom. The van der Waals surface area contributed by atoms with E-state index in [1.54, 1.807) is 12.3 Å². The smallest absolute Gasteiger partial charge is 0.282 e. The average molecular weight is 317 g/mol. The van der Waals surface area contributed by atoms with Gasteiger partial charge in [-0.3, -0.25) is 9.36 Å². The van der Waals surface area contributed by atoms with Crippen molar-refractivity contribution in [1.29, 1.82) is 0 Å². The molecule has 2 N–H and O–H groups in total. The minimum atomic E-state index is -0.257. The molecule has 3 aromatic rings. The van der Waals surface area contributed by atoms with Crippen LogP contribution in [0.5, 0.6) is 0 Å². The maximum absolute atomic E-state index is 12.4. The van der Waals surface area contributed by atoms with E-state index in [-0.39, 0.29) is 11.6 Å². The van der Waals surface area contributed by atoms with Gasteiger partial charge in [0.15, 0.2) is 0 Å². The molecule has 0 fully saturated rings. The summed E-state index contributed by atoms with van der Waals surface area (Å²) in [6, 6.07) is 7.36. The quantitative estimate of drug-likeness (QED) is 0.700. The number of benzene rings is 1. The van der Waals surface area contributed by atoms with Gasteiger partial charge in [0.2, 0.25) is 0 Å². The van der Waals surface area contributed by atoms with Gasteiger partial charge in [-0.25, -0.2) is 9.97 Å². The molecule has 0 bridgehead atoms. The zero-order valence-corrected chi connectivity index (χ0v) is 11.3. The number of anilines is 1. The molecule has 0 aliphatic carbocycles. The molecular weight excluding hydrogens is 308 g/mol. The monoisotopic (exact) mass is 316 g/mol. The van der Waals surface area contributed by atoms with E-state index in [4.69, 9.17) is 5.73 Å². The fourth-order valence-corrected chi connectivity index (χ4v) is 2.14. The number of carbonyl (C=O) groups excluding carboxylic acids is 1. The van der Waals surface area contributed by atoms with Gasteiger partial charge in [-0.15, -0.1) is 0 Å². The van der Waals surface area contributed by atoms with Crippen LogP contribution in [0.15, 0.2) is 47.5 Å². The molecule has 0 aliphatic rings. The van der Waals surface area contributed by atoms with Gasteiger partial charge in [0, 0.05) is 11.6 Å². The van der Waals surface area contributed by atoms with Crippen LogP contribution in [0.1, 0.15) is 10.5 Å². The number of nitrogens with two attached hydrogens (primary N) is 1. The van der Waals surface area contributed by atoms with Gasteiger partial charge in [0.1, 0.15) is 10.3 Å². The number of rotatable bonds is 1. The van der Waals surface area contributed by atoms with Gasteiger partial charge in [0.25, 0.3) is 5.91 Å². The van der Waals surface area contributed by atoms with Crippen LogP contribution in [0.3, 0.4) is 0 Å². The number of para-hydroxylation sites is 1. The molecular formula is C13H9BrN4O. The van der Waals surface area contributed by atoms with E-state index in [0.717, 1.165) is 5.39 Å². The molecule has 5 nitrogen and oxygen atoms in total. The molecule has 0 amide bonds. The Labute approximate surface area is 117 Å². The lowest BCUT2D eigenvalue weighted by Gasteiger charge is -2.05. The topological polar surface area (TPSA) is 73.8 Å². The molecule has 3 rings (SSSR count). The summed E-state index contributed by atoms with van der Waals surface area (Å²) in [4.78, 5) is 20.4. The molecule has 0 saturated carbocycles. The summed E-state index contributed by atoms with van der Waals surface area (Å²) in [5.41, 5.74) is 7.44. The van der Waals surface area contributed by atoms with E-state index < -0.39 is 0 Å². The first-order valence-electron chi connectivity index (χ1n) is 5.54. The van der Waals surface area contributed by atoms with Crippen molar-refractivity contribution in [2.75, 3.05) is 5.73 Å². The third-order valence-electron chi connectivity index (χ3n) is 2.80. The fourth-order valence-electron chi connectivity index (χ4n) is 1.94. The Bertz CT molecular complexity index is 764. The normalized spacial score (nSPS) is 10.8. The summed E-state index contributed by atoms with van der Waals surface area (Å²) in [5.74, 6) is -0.257. The van der Waals surface area contributed by atoms with Gasteiger partial charge in [-0.2, -0.15) is 0 Å². The number of hydrogen-bond donors (Lipinski definition) is 1. The number of carbonyl (C=O) groups is 1. The Morgan fingerprint density at radius 3 is 2.79 bits per heavy atom. The Morgan fingerprint density at radius 1 is 1.21 bits per heavy atom. The highest BCUT2D eigenvalue weighted by molar-refractivity contribution is 9.10. The van der Waals surface area contributed by atoms with Gasteiger partial charge in [-0.1, -0.05) is 12.1 Å². The second-order valence-corrected chi connectivity index (χ2v) is 4.81. The number of nitrogen functional groups attached to an aromatic ring is 1. The first-order chi connectivity index (χ1) is 9.16. The van der Waals surface area contributed by atoms with Crippen LogP contribution in [0.4, 0.5) is 5.69 Å². The zero-order chi connectivity index (χ0) is 13.4. The second-order valence-electron chi connectivity index (χ2n) is 4.00. The highest BCUT2D eigenvalue weighted by atomic mass is 79.9. The van der Waals surface area contributed by atoms with Crippen molar-refractivity contribution >= 4 is 38.4 Å². The third-order valence-corrected chi connectivity index (χ3v) is 3.21. The van der Waals surface area contributed by atoms with Crippen LogP contribution in [-0.2, 0) is 0 Å². The van der Waals surface area contributed by atoms with Crippen molar-refractivity contribution in [2.45, 2.75) is 0 Å².